The minimum atomic E-state index is -0.827. The summed E-state index contributed by atoms with van der Waals surface area (Å²) in [6.45, 7) is 5.27. The molecule has 5 heteroatoms. The fraction of sp³-hybridized carbons (Fsp3) is 0.727. The Morgan fingerprint density at radius 2 is 2.19 bits per heavy atom. The zero-order chi connectivity index (χ0) is 12.3. The molecule has 5 nitrogen and oxygen atoms in total. The molecule has 1 fully saturated rings. The fourth-order valence-corrected chi connectivity index (χ4v) is 1.22. The number of ether oxygens (including phenoxy) is 2. The monoisotopic (exact) mass is 225 g/mol. The number of esters is 2. The number of carbonyl (C=O) groups is 2. The van der Waals surface area contributed by atoms with Crippen molar-refractivity contribution in [2.45, 2.75) is 33.3 Å². The highest BCUT2D eigenvalue weighted by Crippen LogP contribution is 2.22. The van der Waals surface area contributed by atoms with E-state index in [0.29, 0.717) is 0 Å². The summed E-state index contributed by atoms with van der Waals surface area (Å²) in [7, 11) is 0. The molecule has 16 heavy (non-hydrogen) atoms. The van der Waals surface area contributed by atoms with Crippen molar-refractivity contribution in [3.05, 3.63) is 0 Å². The average Bonchev–Trinajstić information content (AvgIpc) is 2.19. The Bertz CT molecular complexity index is 337. The van der Waals surface area contributed by atoms with E-state index < -0.39 is 23.4 Å². The van der Waals surface area contributed by atoms with Crippen molar-refractivity contribution < 1.29 is 19.1 Å². The summed E-state index contributed by atoms with van der Waals surface area (Å²) in [4.78, 5) is 22.6. The number of rotatable bonds is 1. The van der Waals surface area contributed by atoms with Gasteiger partial charge >= 0.3 is 11.9 Å². The van der Waals surface area contributed by atoms with Crippen molar-refractivity contribution >= 4 is 11.9 Å². The van der Waals surface area contributed by atoms with Gasteiger partial charge in [0.2, 0.25) is 0 Å². The normalized spacial score (nSPS) is 25.5. The highest BCUT2D eigenvalue weighted by molar-refractivity contribution is 5.77. The van der Waals surface area contributed by atoms with Gasteiger partial charge in [0.1, 0.15) is 18.6 Å². The Hall–Kier alpha value is -1.57. The van der Waals surface area contributed by atoms with Crippen molar-refractivity contribution in [2.75, 3.05) is 6.61 Å². The summed E-state index contributed by atoms with van der Waals surface area (Å²) >= 11 is 0. The first-order valence-electron chi connectivity index (χ1n) is 5.12. The van der Waals surface area contributed by atoms with Crippen molar-refractivity contribution in [3.8, 4) is 6.07 Å². The van der Waals surface area contributed by atoms with E-state index in [1.54, 1.807) is 20.8 Å². The molecule has 1 aliphatic rings. The quantitative estimate of drug-likeness (QED) is 0.623. The van der Waals surface area contributed by atoms with E-state index in [0.717, 1.165) is 0 Å². The van der Waals surface area contributed by atoms with Crippen LogP contribution in [0.15, 0.2) is 0 Å². The molecule has 88 valence electrons. The van der Waals surface area contributed by atoms with Crippen LogP contribution in [0.5, 0.6) is 0 Å². The maximum Gasteiger partial charge on any atom is 0.323 e. The molecule has 2 unspecified atom stereocenters. The van der Waals surface area contributed by atoms with Crippen LogP contribution in [-0.4, -0.2) is 24.6 Å². The number of hydrogen-bond donors (Lipinski definition) is 0. The first kappa shape index (κ1) is 12.5. The van der Waals surface area contributed by atoms with E-state index in [1.807, 2.05) is 6.07 Å². The lowest BCUT2D eigenvalue weighted by atomic mass is 9.96. The smallest absolute Gasteiger partial charge is 0.323 e. The Morgan fingerprint density at radius 1 is 1.56 bits per heavy atom. The van der Waals surface area contributed by atoms with Crippen LogP contribution in [0.25, 0.3) is 0 Å². The van der Waals surface area contributed by atoms with E-state index in [-0.39, 0.29) is 19.0 Å². The summed E-state index contributed by atoms with van der Waals surface area (Å²) in [5.41, 5.74) is -0.594. The first-order valence-corrected chi connectivity index (χ1v) is 5.12. The molecule has 0 radical (unpaired) electrons. The predicted molar refractivity (Wildman–Crippen MR) is 54.0 cm³/mol. The largest absolute Gasteiger partial charge is 0.461 e. The Labute approximate surface area is 94.3 Å². The van der Waals surface area contributed by atoms with Crippen molar-refractivity contribution in [3.63, 3.8) is 0 Å². The molecule has 0 aromatic rings. The first-order chi connectivity index (χ1) is 7.34. The van der Waals surface area contributed by atoms with Gasteiger partial charge in [-0.05, 0) is 20.8 Å². The second-order valence-electron chi connectivity index (χ2n) is 4.82. The molecule has 0 aromatic carbocycles. The van der Waals surface area contributed by atoms with E-state index in [9.17, 15) is 9.59 Å². The highest BCUT2D eigenvalue weighted by atomic mass is 16.6. The van der Waals surface area contributed by atoms with Gasteiger partial charge in [0, 0.05) is 6.42 Å². The molecular formula is C11H15NO4. The molecule has 0 bridgehead atoms. The molecule has 0 spiro atoms. The number of cyclic esters (lactones) is 1. The Morgan fingerprint density at radius 3 is 2.69 bits per heavy atom. The molecule has 0 aromatic heterocycles. The van der Waals surface area contributed by atoms with E-state index in [2.05, 4.69) is 0 Å². The minimum absolute atomic E-state index is 0.0405. The van der Waals surface area contributed by atoms with E-state index >= 15 is 0 Å². The third kappa shape index (κ3) is 2.96. The van der Waals surface area contributed by atoms with Crippen LogP contribution in [0.2, 0.25) is 0 Å². The SMILES string of the molecule is CC(C)(C)C(=O)OC1COC(=O)C(C#N)C1. The summed E-state index contributed by atoms with van der Waals surface area (Å²) in [6, 6.07) is 1.83. The predicted octanol–water partition coefficient (Wildman–Crippen LogP) is 1.03. The molecule has 2 atom stereocenters. The standard InChI is InChI=1S/C11H15NO4/c1-11(2,3)10(14)16-8-4-7(5-12)9(13)15-6-8/h7-8H,4,6H2,1-3H3. The molecule has 0 N–H and O–H groups in total. The second kappa shape index (κ2) is 4.52. The van der Waals surface area contributed by atoms with Crippen LogP contribution in [0.3, 0.4) is 0 Å². The van der Waals surface area contributed by atoms with Gasteiger partial charge in [-0.15, -0.1) is 0 Å². The molecule has 0 aliphatic carbocycles. The highest BCUT2D eigenvalue weighted by Gasteiger charge is 2.34. The number of hydrogen-bond acceptors (Lipinski definition) is 5. The van der Waals surface area contributed by atoms with Gasteiger partial charge in [0.15, 0.2) is 0 Å². The molecule has 0 amide bonds. The van der Waals surface area contributed by atoms with Crippen LogP contribution in [-0.2, 0) is 19.1 Å². The van der Waals surface area contributed by atoms with Gasteiger partial charge < -0.3 is 9.47 Å². The van der Waals surface area contributed by atoms with Crippen molar-refractivity contribution in [1.82, 2.24) is 0 Å². The zero-order valence-corrected chi connectivity index (χ0v) is 9.65. The zero-order valence-electron chi connectivity index (χ0n) is 9.65. The molecule has 0 saturated carbocycles. The molecular weight excluding hydrogens is 210 g/mol. The Kier molecular flexibility index (Phi) is 3.53. The third-order valence-corrected chi connectivity index (χ3v) is 2.24. The van der Waals surface area contributed by atoms with Gasteiger partial charge in [-0.1, -0.05) is 0 Å². The van der Waals surface area contributed by atoms with E-state index in [1.165, 1.54) is 0 Å². The van der Waals surface area contributed by atoms with Gasteiger partial charge in [-0.25, -0.2) is 0 Å². The average molecular weight is 225 g/mol. The second-order valence-corrected chi connectivity index (χ2v) is 4.82. The van der Waals surface area contributed by atoms with Crippen LogP contribution >= 0.6 is 0 Å². The van der Waals surface area contributed by atoms with Crippen LogP contribution in [0.4, 0.5) is 0 Å². The summed E-state index contributed by atoms with van der Waals surface area (Å²) in [5, 5.41) is 8.68. The molecule has 1 saturated heterocycles. The summed E-state index contributed by atoms with van der Waals surface area (Å²) in [5.74, 6) is -1.72. The minimum Gasteiger partial charge on any atom is -0.461 e. The van der Waals surface area contributed by atoms with Gasteiger partial charge in [-0.2, -0.15) is 5.26 Å². The number of nitrogens with zero attached hydrogens (tertiary/aromatic N) is 1. The fourth-order valence-electron chi connectivity index (χ4n) is 1.22. The summed E-state index contributed by atoms with van der Waals surface area (Å²) in [6.07, 6.45) is -0.286. The Balaban J connectivity index is 2.55. The lowest BCUT2D eigenvalue weighted by molar-refractivity contribution is -0.174. The number of nitriles is 1. The van der Waals surface area contributed by atoms with Gasteiger partial charge in [0.05, 0.1) is 11.5 Å². The van der Waals surface area contributed by atoms with E-state index in [4.69, 9.17) is 14.7 Å². The van der Waals surface area contributed by atoms with Gasteiger partial charge in [0.25, 0.3) is 0 Å². The van der Waals surface area contributed by atoms with Crippen LogP contribution in [0, 0.1) is 22.7 Å². The topological polar surface area (TPSA) is 76.4 Å². The maximum absolute atomic E-state index is 11.6. The van der Waals surface area contributed by atoms with Crippen molar-refractivity contribution in [1.29, 1.82) is 5.26 Å². The van der Waals surface area contributed by atoms with Crippen molar-refractivity contribution in [2.24, 2.45) is 11.3 Å². The van der Waals surface area contributed by atoms with Crippen LogP contribution in [0.1, 0.15) is 27.2 Å². The third-order valence-electron chi connectivity index (χ3n) is 2.24. The van der Waals surface area contributed by atoms with Crippen LogP contribution < -0.4 is 0 Å². The molecule has 1 rings (SSSR count). The summed E-state index contributed by atoms with van der Waals surface area (Å²) < 4.78 is 9.94. The maximum atomic E-state index is 11.6. The van der Waals surface area contributed by atoms with Gasteiger partial charge in [-0.3, -0.25) is 9.59 Å². The number of carbonyl (C=O) groups excluding carboxylic acids is 2. The lowest BCUT2D eigenvalue weighted by Gasteiger charge is -2.27. The molecule has 1 heterocycles. The molecule has 1 aliphatic heterocycles. The lowest BCUT2D eigenvalue weighted by Crippen LogP contribution is -2.38.